The van der Waals surface area contributed by atoms with Gasteiger partial charge < -0.3 is 14.4 Å². The van der Waals surface area contributed by atoms with E-state index < -0.39 is 18.4 Å². The summed E-state index contributed by atoms with van der Waals surface area (Å²) in [6.45, 7) is -0.523. The van der Waals surface area contributed by atoms with Crippen molar-refractivity contribution in [2.75, 3.05) is 13.1 Å². The molecule has 0 atom stereocenters. The van der Waals surface area contributed by atoms with E-state index in [4.69, 9.17) is 15.9 Å². The summed E-state index contributed by atoms with van der Waals surface area (Å²) in [5, 5.41) is 16.1. The van der Waals surface area contributed by atoms with Crippen LogP contribution in [0, 0.1) is 12.3 Å². The minimum atomic E-state index is -1.12. The monoisotopic (exact) mass is 285 g/mol. The van der Waals surface area contributed by atoms with Crippen molar-refractivity contribution in [1.82, 2.24) is 15.1 Å². The number of hydrogen-bond donors (Lipinski definition) is 1. The molecule has 0 saturated carbocycles. The molecule has 0 aliphatic carbocycles. The molecule has 0 saturated heterocycles. The molecule has 2 aromatic rings. The van der Waals surface area contributed by atoms with Crippen LogP contribution in [0.25, 0.3) is 11.5 Å². The first-order valence-corrected chi connectivity index (χ1v) is 5.93. The summed E-state index contributed by atoms with van der Waals surface area (Å²) in [5.41, 5.74) is 0.987. The number of benzene rings is 1. The summed E-state index contributed by atoms with van der Waals surface area (Å²) in [5.74, 6) is 1.02. The Morgan fingerprint density at radius 2 is 2.05 bits per heavy atom. The van der Waals surface area contributed by atoms with Gasteiger partial charge in [0.2, 0.25) is 12.3 Å². The maximum atomic E-state index is 12.2. The lowest BCUT2D eigenvalue weighted by Crippen LogP contribution is -2.35. The second-order valence-corrected chi connectivity index (χ2v) is 4.08. The molecule has 106 valence electrons. The van der Waals surface area contributed by atoms with Gasteiger partial charge in [-0.3, -0.25) is 9.59 Å². The number of rotatable bonds is 5. The smallest absolute Gasteiger partial charge is 0.323 e. The maximum Gasteiger partial charge on any atom is 0.323 e. The number of hydrogen-bond acceptors (Lipinski definition) is 5. The molecule has 0 radical (unpaired) electrons. The van der Waals surface area contributed by atoms with Crippen LogP contribution in [0.5, 0.6) is 0 Å². The fourth-order valence-electron chi connectivity index (χ4n) is 1.71. The molecule has 21 heavy (non-hydrogen) atoms. The minimum Gasteiger partial charge on any atom is -0.480 e. The molecule has 0 aliphatic heterocycles. The van der Waals surface area contributed by atoms with Gasteiger partial charge in [0, 0.05) is 11.1 Å². The Bertz CT molecular complexity index is 671. The average Bonchev–Trinajstić information content (AvgIpc) is 3.00. The zero-order chi connectivity index (χ0) is 15.2. The fraction of sp³-hybridized carbons (Fsp3) is 0.143. The van der Waals surface area contributed by atoms with E-state index in [-0.39, 0.29) is 6.54 Å². The SMILES string of the molecule is C#CCN(CC(=O)O)C(=O)c1ccc(-c2nnco2)cc1. The molecule has 1 heterocycles. The minimum absolute atomic E-state index is 0.0729. The van der Waals surface area contributed by atoms with Gasteiger partial charge in [0.05, 0.1) is 6.54 Å². The van der Waals surface area contributed by atoms with Gasteiger partial charge in [0.25, 0.3) is 5.91 Å². The van der Waals surface area contributed by atoms with Crippen molar-refractivity contribution < 1.29 is 19.1 Å². The first-order chi connectivity index (χ1) is 10.1. The number of carboxylic acids is 1. The molecule has 2 rings (SSSR count). The van der Waals surface area contributed by atoms with Crippen LogP contribution in [-0.4, -0.2) is 45.2 Å². The Balaban J connectivity index is 2.18. The van der Waals surface area contributed by atoms with Crippen LogP contribution < -0.4 is 0 Å². The van der Waals surface area contributed by atoms with Gasteiger partial charge in [0.15, 0.2) is 0 Å². The van der Waals surface area contributed by atoms with E-state index in [9.17, 15) is 9.59 Å². The molecule has 7 heteroatoms. The van der Waals surface area contributed by atoms with E-state index in [1.807, 2.05) is 0 Å². The van der Waals surface area contributed by atoms with Crippen LogP contribution in [-0.2, 0) is 4.79 Å². The van der Waals surface area contributed by atoms with E-state index >= 15 is 0 Å². The number of nitrogens with zero attached hydrogens (tertiary/aromatic N) is 3. The summed E-state index contributed by atoms with van der Waals surface area (Å²) in [6, 6.07) is 6.37. The Morgan fingerprint density at radius 3 is 2.57 bits per heavy atom. The van der Waals surface area contributed by atoms with Gasteiger partial charge in [-0.2, -0.15) is 0 Å². The highest BCUT2D eigenvalue weighted by Gasteiger charge is 2.17. The summed E-state index contributed by atoms with van der Waals surface area (Å²) < 4.78 is 5.04. The number of carbonyl (C=O) groups excluding carboxylic acids is 1. The quantitative estimate of drug-likeness (QED) is 0.820. The molecule has 1 N–H and O–H groups in total. The average molecular weight is 285 g/mol. The zero-order valence-corrected chi connectivity index (χ0v) is 10.9. The van der Waals surface area contributed by atoms with Gasteiger partial charge in [-0.15, -0.1) is 16.6 Å². The molecular formula is C14H11N3O4. The number of carboxylic acid groups (broad SMARTS) is 1. The second kappa shape index (κ2) is 6.34. The van der Waals surface area contributed by atoms with E-state index in [0.717, 1.165) is 4.90 Å². The van der Waals surface area contributed by atoms with E-state index in [1.54, 1.807) is 24.3 Å². The Hall–Kier alpha value is -3.14. The third kappa shape index (κ3) is 3.45. The van der Waals surface area contributed by atoms with Crippen LogP contribution in [0.3, 0.4) is 0 Å². The lowest BCUT2D eigenvalue weighted by atomic mass is 10.1. The van der Waals surface area contributed by atoms with Crippen LogP contribution >= 0.6 is 0 Å². The predicted octanol–water partition coefficient (Wildman–Crippen LogP) is 0.897. The number of aliphatic carboxylic acids is 1. The molecule has 1 aromatic carbocycles. The molecule has 7 nitrogen and oxygen atoms in total. The molecule has 0 unspecified atom stereocenters. The first kappa shape index (κ1) is 14.3. The van der Waals surface area contributed by atoms with Crippen molar-refractivity contribution in [2.24, 2.45) is 0 Å². The topological polar surface area (TPSA) is 96.5 Å². The summed E-state index contributed by atoms with van der Waals surface area (Å²) in [6.07, 6.45) is 6.35. The summed E-state index contributed by atoms with van der Waals surface area (Å²) in [4.78, 5) is 24.0. The van der Waals surface area contributed by atoms with E-state index in [0.29, 0.717) is 17.0 Å². The van der Waals surface area contributed by atoms with Crippen LogP contribution in [0.4, 0.5) is 0 Å². The third-order valence-corrected chi connectivity index (χ3v) is 2.63. The number of amides is 1. The van der Waals surface area contributed by atoms with Crippen molar-refractivity contribution >= 4 is 11.9 Å². The van der Waals surface area contributed by atoms with Crippen molar-refractivity contribution in [3.05, 3.63) is 36.2 Å². The van der Waals surface area contributed by atoms with Gasteiger partial charge in [-0.1, -0.05) is 5.92 Å². The molecule has 1 aromatic heterocycles. The standard InChI is InChI=1S/C14H11N3O4/c1-2-7-17(8-12(18)19)14(20)11-5-3-10(4-6-11)13-16-15-9-21-13/h1,3-6,9H,7-8H2,(H,18,19). The summed E-state index contributed by atoms with van der Waals surface area (Å²) in [7, 11) is 0. The lowest BCUT2D eigenvalue weighted by Gasteiger charge is -2.17. The normalized spacial score (nSPS) is 9.86. The van der Waals surface area contributed by atoms with E-state index in [2.05, 4.69) is 16.1 Å². The molecule has 1 amide bonds. The van der Waals surface area contributed by atoms with E-state index in [1.165, 1.54) is 6.39 Å². The van der Waals surface area contributed by atoms with Crippen molar-refractivity contribution in [3.8, 4) is 23.8 Å². The molecule has 0 spiro atoms. The Kier molecular flexibility index (Phi) is 4.31. The Labute approximate surface area is 120 Å². The number of carbonyl (C=O) groups is 2. The maximum absolute atomic E-state index is 12.2. The predicted molar refractivity (Wildman–Crippen MR) is 72.1 cm³/mol. The largest absolute Gasteiger partial charge is 0.480 e. The van der Waals surface area contributed by atoms with Gasteiger partial charge in [-0.05, 0) is 24.3 Å². The highest BCUT2D eigenvalue weighted by Crippen LogP contribution is 2.17. The zero-order valence-electron chi connectivity index (χ0n) is 10.9. The molecule has 0 bridgehead atoms. The van der Waals surface area contributed by atoms with Gasteiger partial charge >= 0.3 is 5.97 Å². The fourth-order valence-corrected chi connectivity index (χ4v) is 1.71. The van der Waals surface area contributed by atoms with Crippen molar-refractivity contribution in [1.29, 1.82) is 0 Å². The van der Waals surface area contributed by atoms with Gasteiger partial charge in [-0.25, -0.2) is 0 Å². The summed E-state index contributed by atoms with van der Waals surface area (Å²) >= 11 is 0. The number of terminal acetylenes is 1. The lowest BCUT2D eigenvalue weighted by molar-refractivity contribution is -0.137. The Morgan fingerprint density at radius 1 is 1.33 bits per heavy atom. The van der Waals surface area contributed by atoms with Crippen LogP contribution in [0.1, 0.15) is 10.4 Å². The second-order valence-electron chi connectivity index (χ2n) is 4.08. The van der Waals surface area contributed by atoms with Crippen LogP contribution in [0.2, 0.25) is 0 Å². The van der Waals surface area contributed by atoms with Gasteiger partial charge in [0.1, 0.15) is 6.54 Å². The molecule has 0 fully saturated rings. The van der Waals surface area contributed by atoms with Crippen molar-refractivity contribution in [2.45, 2.75) is 0 Å². The highest BCUT2D eigenvalue weighted by atomic mass is 16.4. The highest BCUT2D eigenvalue weighted by molar-refractivity contribution is 5.96. The number of aromatic nitrogens is 2. The molecular weight excluding hydrogens is 274 g/mol. The first-order valence-electron chi connectivity index (χ1n) is 5.93. The van der Waals surface area contributed by atoms with Crippen molar-refractivity contribution in [3.63, 3.8) is 0 Å². The third-order valence-electron chi connectivity index (χ3n) is 2.63. The molecule has 0 aliphatic rings. The van der Waals surface area contributed by atoms with Crippen LogP contribution in [0.15, 0.2) is 35.1 Å².